The minimum atomic E-state index is -0.988. The number of nitrogens with zero attached hydrogens (tertiary/aromatic N) is 5. The number of thiazole rings is 1. The van der Waals surface area contributed by atoms with Crippen molar-refractivity contribution in [1.82, 2.24) is 20.3 Å². The van der Waals surface area contributed by atoms with Crippen LogP contribution >= 0.6 is 11.3 Å². The van der Waals surface area contributed by atoms with E-state index in [4.69, 9.17) is 15.3 Å². The Hall–Kier alpha value is -3.76. The summed E-state index contributed by atoms with van der Waals surface area (Å²) in [6.45, 7) is 3.47. The van der Waals surface area contributed by atoms with E-state index < -0.39 is 23.8 Å². The van der Waals surface area contributed by atoms with Crippen molar-refractivity contribution in [2.45, 2.75) is 6.04 Å². The normalized spacial score (nSPS) is 18.8. The molecule has 0 unspecified atom stereocenters. The van der Waals surface area contributed by atoms with E-state index in [1.54, 1.807) is 0 Å². The van der Waals surface area contributed by atoms with E-state index in [0.717, 1.165) is 16.3 Å². The van der Waals surface area contributed by atoms with E-state index in [9.17, 15) is 19.6 Å². The molecule has 2 amide bonds. The standard InChI is InChI=1S/C17H17N7O5S/c1-3-4-29-16(27)13-9(5-18)6-23-7-10(15(26)24(13)23)20-14(25)12(22-28-2)11-8-30-17(19)21-11/h3,8,10H,1,4,6-7H2,2H3,(H2,19,21)(H,20,25)/b22-12-/t10-/m1/s1. The maximum absolute atomic E-state index is 12.9. The average Bonchev–Trinajstić information content (AvgIpc) is 3.39. The smallest absolute Gasteiger partial charge is 0.357 e. The maximum atomic E-state index is 12.9. The molecule has 3 N–H and O–H groups in total. The number of rotatable bonds is 7. The van der Waals surface area contributed by atoms with Crippen molar-refractivity contribution in [2.24, 2.45) is 5.16 Å². The van der Waals surface area contributed by atoms with E-state index in [0.29, 0.717) is 0 Å². The van der Waals surface area contributed by atoms with Gasteiger partial charge in [-0.3, -0.25) is 9.59 Å². The van der Waals surface area contributed by atoms with Crippen molar-refractivity contribution in [3.8, 4) is 6.07 Å². The van der Waals surface area contributed by atoms with E-state index >= 15 is 0 Å². The molecule has 1 saturated heterocycles. The van der Waals surface area contributed by atoms with E-state index in [1.165, 1.54) is 23.6 Å². The Bertz CT molecular complexity index is 1010. The van der Waals surface area contributed by atoms with Gasteiger partial charge in [0.25, 0.3) is 11.8 Å². The van der Waals surface area contributed by atoms with Crippen LogP contribution in [-0.2, 0) is 24.0 Å². The monoisotopic (exact) mass is 431 g/mol. The SMILES string of the molecule is C=CCOC(=O)C1=C(C#N)CN2C[C@@H](NC(=O)/C(=N\OC)c3csc(N)n3)C(=O)N12. The predicted molar refractivity (Wildman–Crippen MR) is 104 cm³/mol. The van der Waals surface area contributed by atoms with Crippen LogP contribution in [0.5, 0.6) is 0 Å². The van der Waals surface area contributed by atoms with Gasteiger partial charge in [-0.2, -0.15) is 5.26 Å². The second kappa shape index (κ2) is 8.72. The van der Waals surface area contributed by atoms with Crippen LogP contribution in [0.25, 0.3) is 0 Å². The summed E-state index contributed by atoms with van der Waals surface area (Å²) < 4.78 is 4.98. The highest BCUT2D eigenvalue weighted by Crippen LogP contribution is 2.29. The maximum Gasteiger partial charge on any atom is 0.357 e. The Labute approximate surface area is 174 Å². The van der Waals surface area contributed by atoms with Gasteiger partial charge >= 0.3 is 5.97 Å². The number of aromatic nitrogens is 1. The van der Waals surface area contributed by atoms with Gasteiger partial charge in [0.2, 0.25) is 0 Å². The summed E-state index contributed by atoms with van der Waals surface area (Å²) in [4.78, 5) is 46.6. The van der Waals surface area contributed by atoms with E-state index in [1.807, 2.05) is 6.07 Å². The summed E-state index contributed by atoms with van der Waals surface area (Å²) in [6.07, 6.45) is 1.37. The Morgan fingerprint density at radius 1 is 1.60 bits per heavy atom. The highest BCUT2D eigenvalue weighted by molar-refractivity contribution is 7.13. The fourth-order valence-corrected chi connectivity index (χ4v) is 3.50. The fourth-order valence-electron chi connectivity index (χ4n) is 2.96. The lowest BCUT2D eigenvalue weighted by Gasteiger charge is -2.20. The quantitative estimate of drug-likeness (QED) is 0.242. The molecule has 2 aliphatic heterocycles. The van der Waals surface area contributed by atoms with Crippen molar-refractivity contribution < 1.29 is 24.0 Å². The van der Waals surface area contributed by atoms with Gasteiger partial charge in [0.05, 0.1) is 18.2 Å². The number of esters is 1. The van der Waals surface area contributed by atoms with Gasteiger partial charge in [-0.05, 0) is 0 Å². The number of carbonyl (C=O) groups excluding carboxylic acids is 3. The number of amides is 2. The van der Waals surface area contributed by atoms with Crippen molar-refractivity contribution in [2.75, 3.05) is 32.5 Å². The third kappa shape index (κ3) is 3.86. The Kier molecular flexibility index (Phi) is 6.09. The molecule has 0 saturated carbocycles. The minimum Gasteiger partial charge on any atom is -0.457 e. The second-order valence-corrected chi connectivity index (χ2v) is 6.93. The van der Waals surface area contributed by atoms with Gasteiger partial charge in [-0.15, -0.1) is 11.3 Å². The highest BCUT2D eigenvalue weighted by Gasteiger charge is 2.48. The van der Waals surface area contributed by atoms with Crippen LogP contribution in [0.4, 0.5) is 5.13 Å². The first-order valence-electron chi connectivity index (χ1n) is 8.54. The summed E-state index contributed by atoms with van der Waals surface area (Å²) in [7, 11) is 1.26. The van der Waals surface area contributed by atoms with Gasteiger partial charge in [0.15, 0.2) is 16.5 Å². The molecule has 3 rings (SSSR count). The molecule has 1 aromatic heterocycles. The van der Waals surface area contributed by atoms with E-state index in [2.05, 4.69) is 22.0 Å². The predicted octanol–water partition coefficient (Wildman–Crippen LogP) is -0.860. The second-order valence-electron chi connectivity index (χ2n) is 6.04. The molecular formula is C17H17N7O5S. The third-order valence-corrected chi connectivity index (χ3v) is 4.82. The van der Waals surface area contributed by atoms with Gasteiger partial charge in [0.1, 0.15) is 25.5 Å². The molecule has 13 heteroatoms. The molecule has 0 radical (unpaired) electrons. The lowest BCUT2D eigenvalue weighted by molar-refractivity contribution is -0.146. The highest BCUT2D eigenvalue weighted by atomic mass is 32.1. The molecule has 12 nitrogen and oxygen atoms in total. The number of carbonyl (C=O) groups is 3. The Morgan fingerprint density at radius 2 is 2.37 bits per heavy atom. The topological polar surface area (TPSA) is 163 Å². The number of anilines is 1. The number of nitrogens with one attached hydrogen (secondary N) is 1. The number of ether oxygens (including phenoxy) is 1. The van der Waals surface area contributed by atoms with Crippen LogP contribution in [0.1, 0.15) is 5.69 Å². The van der Waals surface area contributed by atoms with Crippen molar-refractivity contribution in [1.29, 1.82) is 5.26 Å². The summed E-state index contributed by atoms with van der Waals surface area (Å²) in [6, 6.07) is 0.922. The number of hydrogen-bond acceptors (Lipinski definition) is 11. The Balaban J connectivity index is 1.78. The van der Waals surface area contributed by atoms with Crippen molar-refractivity contribution in [3.05, 3.63) is 35.0 Å². The van der Waals surface area contributed by atoms with Gasteiger partial charge in [0, 0.05) is 11.9 Å². The largest absolute Gasteiger partial charge is 0.457 e. The first kappa shape index (κ1) is 21.0. The molecule has 1 fully saturated rings. The van der Waals surface area contributed by atoms with Gasteiger partial charge in [-0.25, -0.2) is 19.8 Å². The summed E-state index contributed by atoms with van der Waals surface area (Å²) in [5.74, 6) is -2.12. The fraction of sp³-hybridized carbons (Fsp3) is 0.294. The molecule has 156 valence electrons. The van der Waals surface area contributed by atoms with Crippen molar-refractivity contribution >= 4 is 40.0 Å². The molecule has 30 heavy (non-hydrogen) atoms. The molecule has 2 aliphatic rings. The van der Waals surface area contributed by atoms with Crippen LogP contribution in [0, 0.1) is 11.3 Å². The van der Waals surface area contributed by atoms with Crippen LogP contribution < -0.4 is 11.1 Å². The first-order valence-corrected chi connectivity index (χ1v) is 9.42. The molecule has 1 aromatic rings. The zero-order chi connectivity index (χ0) is 21.8. The molecule has 0 spiro atoms. The number of nitrogens with two attached hydrogens (primary N) is 1. The molecule has 0 aliphatic carbocycles. The summed E-state index contributed by atoms with van der Waals surface area (Å²) in [5.41, 5.74) is 5.57. The molecular weight excluding hydrogens is 414 g/mol. The lowest BCUT2D eigenvalue weighted by Crippen LogP contribution is -2.46. The number of oxime groups is 1. The first-order chi connectivity index (χ1) is 14.4. The molecule has 0 bridgehead atoms. The van der Waals surface area contributed by atoms with Crippen LogP contribution in [0.2, 0.25) is 0 Å². The number of hydrogen-bond donors (Lipinski definition) is 2. The zero-order valence-electron chi connectivity index (χ0n) is 15.8. The van der Waals surface area contributed by atoms with Gasteiger partial charge in [-0.1, -0.05) is 17.8 Å². The number of fused-ring (bicyclic) bond motifs is 1. The number of hydrazine groups is 1. The van der Waals surface area contributed by atoms with Crippen LogP contribution in [-0.4, -0.2) is 71.3 Å². The van der Waals surface area contributed by atoms with Crippen molar-refractivity contribution in [3.63, 3.8) is 0 Å². The number of nitrogen functional groups attached to an aromatic ring is 1. The number of nitriles is 1. The van der Waals surface area contributed by atoms with Gasteiger partial charge < -0.3 is 20.6 Å². The van der Waals surface area contributed by atoms with E-state index in [-0.39, 0.29) is 47.5 Å². The minimum absolute atomic E-state index is 0.0365. The molecule has 1 atom stereocenters. The Morgan fingerprint density at radius 3 is 2.97 bits per heavy atom. The van der Waals surface area contributed by atoms with Crippen LogP contribution in [0.3, 0.4) is 0 Å². The lowest BCUT2D eigenvalue weighted by atomic mass is 10.2. The third-order valence-electron chi connectivity index (χ3n) is 4.15. The molecule has 3 heterocycles. The molecule has 0 aromatic carbocycles. The summed E-state index contributed by atoms with van der Waals surface area (Å²) >= 11 is 1.12. The average molecular weight is 431 g/mol. The zero-order valence-corrected chi connectivity index (χ0v) is 16.6. The van der Waals surface area contributed by atoms with Crippen LogP contribution in [0.15, 0.2) is 34.5 Å². The summed E-state index contributed by atoms with van der Waals surface area (Å²) in [5, 5.41) is 19.8.